The van der Waals surface area contributed by atoms with Crippen LogP contribution in [0.1, 0.15) is 16.1 Å². The molecule has 0 aromatic carbocycles. The van der Waals surface area contributed by atoms with Crippen molar-refractivity contribution < 1.29 is 4.79 Å². The number of aryl methyl sites for hydroxylation is 1. The second-order valence-corrected chi connectivity index (χ2v) is 3.92. The van der Waals surface area contributed by atoms with Crippen molar-refractivity contribution in [1.29, 1.82) is 0 Å². The van der Waals surface area contributed by atoms with Crippen molar-refractivity contribution in [2.24, 2.45) is 5.73 Å². The average molecular weight is 252 g/mol. The highest BCUT2D eigenvalue weighted by molar-refractivity contribution is 6.31. The number of anilines is 1. The maximum absolute atomic E-state index is 11.3. The number of halogens is 1. The molecule has 0 aliphatic heterocycles. The van der Waals surface area contributed by atoms with Gasteiger partial charge in [-0.05, 0) is 13.0 Å². The van der Waals surface area contributed by atoms with Gasteiger partial charge in [0, 0.05) is 0 Å². The van der Waals surface area contributed by atoms with Crippen LogP contribution in [-0.2, 0) is 0 Å². The fraction of sp³-hybridized carbons (Fsp3) is 0.100. The highest BCUT2D eigenvalue weighted by Crippen LogP contribution is 2.18. The molecule has 0 fully saturated rings. The van der Waals surface area contributed by atoms with E-state index in [0.29, 0.717) is 22.2 Å². The number of hydrogen-bond acceptors (Lipinski definition) is 4. The first-order valence-corrected chi connectivity index (χ1v) is 5.14. The van der Waals surface area contributed by atoms with Crippen molar-refractivity contribution in [3.63, 3.8) is 0 Å². The lowest BCUT2D eigenvalue weighted by Gasteiger charge is -2.06. The lowest BCUT2D eigenvalue weighted by Crippen LogP contribution is -2.16. The number of primary amides is 1. The number of pyridine rings is 1. The number of rotatable bonds is 2. The van der Waals surface area contributed by atoms with E-state index >= 15 is 0 Å². The van der Waals surface area contributed by atoms with E-state index in [1.54, 1.807) is 13.1 Å². The van der Waals surface area contributed by atoms with Crippen molar-refractivity contribution in [1.82, 2.24) is 14.8 Å². The van der Waals surface area contributed by atoms with Crippen molar-refractivity contribution in [2.45, 2.75) is 6.92 Å². The number of carbonyl (C=O) groups excluding carboxylic acids is 1. The first-order valence-electron chi connectivity index (χ1n) is 4.76. The quantitative estimate of drug-likeness (QED) is 0.828. The van der Waals surface area contributed by atoms with Gasteiger partial charge >= 0.3 is 0 Å². The molecule has 2 heterocycles. The third kappa shape index (κ3) is 2.07. The molecule has 88 valence electrons. The molecule has 0 unspecified atom stereocenters. The fourth-order valence-electron chi connectivity index (χ4n) is 1.39. The fourth-order valence-corrected chi connectivity index (χ4v) is 1.52. The number of amides is 1. The number of hydrogen-bond donors (Lipinski definition) is 2. The van der Waals surface area contributed by atoms with Crippen molar-refractivity contribution in [2.75, 3.05) is 5.73 Å². The Kier molecular flexibility index (Phi) is 2.72. The van der Waals surface area contributed by atoms with Crippen LogP contribution in [0.2, 0.25) is 5.02 Å². The van der Waals surface area contributed by atoms with E-state index in [0.717, 1.165) is 0 Å². The van der Waals surface area contributed by atoms with Crippen LogP contribution < -0.4 is 11.5 Å². The summed E-state index contributed by atoms with van der Waals surface area (Å²) in [6, 6.07) is 1.45. The van der Waals surface area contributed by atoms with Crippen molar-refractivity contribution in [3.05, 3.63) is 34.7 Å². The number of nitrogens with two attached hydrogens (primary N) is 2. The Hall–Kier alpha value is -2.08. The molecule has 2 aromatic heterocycles. The SMILES string of the molecule is Cc1nn(-c2ncc(N)cc2C(N)=O)cc1Cl. The highest BCUT2D eigenvalue weighted by Gasteiger charge is 2.14. The number of carbonyl (C=O) groups is 1. The lowest BCUT2D eigenvalue weighted by molar-refractivity contribution is 0.1000. The maximum Gasteiger partial charge on any atom is 0.252 e. The highest BCUT2D eigenvalue weighted by atomic mass is 35.5. The lowest BCUT2D eigenvalue weighted by atomic mass is 10.2. The van der Waals surface area contributed by atoms with Crippen LogP contribution in [0.4, 0.5) is 5.69 Å². The van der Waals surface area contributed by atoms with Gasteiger partial charge in [-0.1, -0.05) is 11.6 Å². The first-order chi connectivity index (χ1) is 7.99. The molecule has 17 heavy (non-hydrogen) atoms. The second-order valence-electron chi connectivity index (χ2n) is 3.51. The summed E-state index contributed by atoms with van der Waals surface area (Å²) in [4.78, 5) is 15.3. The Bertz CT molecular complexity index is 573. The predicted octanol–water partition coefficient (Wildman–Crippen LogP) is 0.910. The van der Waals surface area contributed by atoms with Crippen LogP contribution >= 0.6 is 11.6 Å². The van der Waals surface area contributed by atoms with Crippen LogP contribution in [0.15, 0.2) is 18.5 Å². The Morgan fingerprint density at radius 3 is 2.76 bits per heavy atom. The van der Waals surface area contributed by atoms with Crippen LogP contribution in [0.25, 0.3) is 5.82 Å². The minimum absolute atomic E-state index is 0.198. The topological polar surface area (TPSA) is 99.8 Å². The van der Waals surface area contributed by atoms with E-state index in [1.807, 2.05) is 0 Å². The summed E-state index contributed by atoms with van der Waals surface area (Å²) < 4.78 is 1.40. The van der Waals surface area contributed by atoms with E-state index in [4.69, 9.17) is 23.1 Å². The summed E-state index contributed by atoms with van der Waals surface area (Å²) in [7, 11) is 0. The van der Waals surface area contributed by atoms with E-state index in [2.05, 4.69) is 10.1 Å². The van der Waals surface area contributed by atoms with Crippen LogP contribution in [0.5, 0.6) is 0 Å². The molecule has 0 spiro atoms. The Balaban J connectivity index is 2.62. The maximum atomic E-state index is 11.3. The van der Waals surface area contributed by atoms with Gasteiger partial charge in [-0.25, -0.2) is 9.67 Å². The zero-order chi connectivity index (χ0) is 12.6. The Morgan fingerprint density at radius 1 is 1.53 bits per heavy atom. The van der Waals surface area contributed by atoms with Crippen LogP contribution in [0, 0.1) is 6.92 Å². The second kappa shape index (κ2) is 4.06. The third-order valence-corrected chi connectivity index (χ3v) is 2.58. The molecule has 2 rings (SSSR count). The Labute approximate surface area is 102 Å². The van der Waals surface area contributed by atoms with Gasteiger partial charge in [-0.15, -0.1) is 0 Å². The van der Waals surface area contributed by atoms with Gasteiger partial charge in [0.05, 0.1) is 34.4 Å². The van der Waals surface area contributed by atoms with E-state index < -0.39 is 5.91 Å². The van der Waals surface area contributed by atoms with Crippen molar-refractivity contribution in [3.8, 4) is 5.82 Å². The number of aromatic nitrogens is 3. The van der Waals surface area contributed by atoms with Crippen molar-refractivity contribution >= 4 is 23.2 Å². The molecule has 0 aliphatic rings. The third-order valence-electron chi connectivity index (χ3n) is 2.21. The molecular weight excluding hydrogens is 242 g/mol. The summed E-state index contributed by atoms with van der Waals surface area (Å²) in [5.74, 6) is -0.314. The summed E-state index contributed by atoms with van der Waals surface area (Å²) in [6.07, 6.45) is 2.98. The summed E-state index contributed by atoms with van der Waals surface area (Å²) in [5.41, 5.74) is 12.0. The minimum Gasteiger partial charge on any atom is -0.397 e. The normalized spacial score (nSPS) is 10.5. The van der Waals surface area contributed by atoms with Gasteiger partial charge in [0.1, 0.15) is 0 Å². The molecular formula is C10H10ClN5O. The molecule has 7 heteroatoms. The van der Waals surface area contributed by atoms with Gasteiger partial charge < -0.3 is 11.5 Å². The van der Waals surface area contributed by atoms with Gasteiger partial charge in [0.25, 0.3) is 5.91 Å². The summed E-state index contributed by atoms with van der Waals surface area (Å²) >= 11 is 5.89. The number of nitrogens with zero attached hydrogens (tertiary/aromatic N) is 3. The van der Waals surface area contributed by atoms with E-state index in [-0.39, 0.29) is 5.56 Å². The molecule has 0 saturated carbocycles. The largest absolute Gasteiger partial charge is 0.397 e. The molecule has 1 amide bonds. The molecule has 0 bridgehead atoms. The van der Waals surface area contributed by atoms with Crippen LogP contribution in [0.3, 0.4) is 0 Å². The molecule has 0 atom stereocenters. The standard InChI is InChI=1S/C10H10ClN5O/c1-5-8(11)4-16(15-5)10-7(9(13)17)2-6(12)3-14-10/h2-4H,12H2,1H3,(H2,13,17). The first kappa shape index (κ1) is 11.4. The smallest absolute Gasteiger partial charge is 0.252 e. The molecule has 2 aromatic rings. The summed E-state index contributed by atoms with van der Waals surface area (Å²) in [6.45, 7) is 1.75. The molecule has 4 N–H and O–H groups in total. The van der Waals surface area contributed by atoms with Gasteiger partial charge in [-0.3, -0.25) is 4.79 Å². The van der Waals surface area contributed by atoms with Gasteiger partial charge in [0.2, 0.25) is 0 Å². The van der Waals surface area contributed by atoms with Gasteiger partial charge in [-0.2, -0.15) is 5.10 Å². The minimum atomic E-state index is -0.621. The monoisotopic (exact) mass is 251 g/mol. The zero-order valence-electron chi connectivity index (χ0n) is 9.01. The molecule has 0 aliphatic carbocycles. The average Bonchev–Trinajstić information content (AvgIpc) is 2.59. The van der Waals surface area contributed by atoms with Gasteiger partial charge in [0.15, 0.2) is 5.82 Å². The molecule has 0 saturated heterocycles. The Morgan fingerprint density at radius 2 is 2.24 bits per heavy atom. The predicted molar refractivity (Wildman–Crippen MR) is 64.0 cm³/mol. The summed E-state index contributed by atoms with van der Waals surface area (Å²) in [5, 5.41) is 4.61. The molecule has 6 nitrogen and oxygen atoms in total. The van der Waals surface area contributed by atoms with E-state index in [1.165, 1.54) is 16.9 Å². The molecule has 0 radical (unpaired) electrons. The number of nitrogen functional groups attached to an aromatic ring is 1. The van der Waals surface area contributed by atoms with E-state index in [9.17, 15) is 4.79 Å². The zero-order valence-corrected chi connectivity index (χ0v) is 9.77. The van der Waals surface area contributed by atoms with Crippen LogP contribution in [-0.4, -0.2) is 20.7 Å².